The van der Waals surface area contributed by atoms with Crippen LogP contribution in [-0.4, -0.2) is 37.2 Å². The molecule has 57 heavy (non-hydrogen) atoms. The van der Waals surface area contributed by atoms with E-state index in [4.69, 9.17) is 14.2 Å². The SMILES string of the molecule is CC/C=C\C/C=C\C/C=C\C/C=C\CCCCCCCCC(=O)OCC(COC(=O)CCCCCCCCCC)OC(=O)CCCCCCC/C=C\CCCCC. The van der Waals surface area contributed by atoms with E-state index >= 15 is 0 Å². The predicted octanol–water partition coefficient (Wildman–Crippen LogP) is 15.3. The zero-order chi connectivity index (χ0) is 41.5. The van der Waals surface area contributed by atoms with Crippen molar-refractivity contribution in [3.63, 3.8) is 0 Å². The molecular weight excluding hydrogens is 709 g/mol. The van der Waals surface area contributed by atoms with Gasteiger partial charge in [-0.15, -0.1) is 0 Å². The van der Waals surface area contributed by atoms with Gasteiger partial charge in [-0.05, 0) is 83.5 Å². The fraction of sp³-hybridized carbons (Fsp3) is 0.745. The average Bonchev–Trinajstić information content (AvgIpc) is 3.21. The highest BCUT2D eigenvalue weighted by Crippen LogP contribution is 2.13. The van der Waals surface area contributed by atoms with E-state index in [2.05, 4.69) is 81.5 Å². The van der Waals surface area contributed by atoms with E-state index in [-0.39, 0.29) is 31.1 Å². The Morgan fingerprint density at radius 3 is 1.12 bits per heavy atom. The van der Waals surface area contributed by atoms with E-state index in [9.17, 15) is 14.4 Å². The zero-order valence-corrected chi connectivity index (χ0v) is 37.3. The van der Waals surface area contributed by atoms with Gasteiger partial charge in [0.2, 0.25) is 0 Å². The first-order valence-electron chi connectivity index (χ1n) is 23.8. The molecule has 0 fully saturated rings. The van der Waals surface area contributed by atoms with Crippen LogP contribution in [-0.2, 0) is 28.6 Å². The number of esters is 3. The first kappa shape index (κ1) is 54.1. The Labute approximate surface area is 351 Å². The number of carbonyl (C=O) groups is 3. The summed E-state index contributed by atoms with van der Waals surface area (Å²) in [5.41, 5.74) is 0. The van der Waals surface area contributed by atoms with Crippen LogP contribution in [0.2, 0.25) is 0 Å². The van der Waals surface area contributed by atoms with Crippen LogP contribution in [0.15, 0.2) is 60.8 Å². The summed E-state index contributed by atoms with van der Waals surface area (Å²) < 4.78 is 16.7. The van der Waals surface area contributed by atoms with Crippen molar-refractivity contribution in [3.05, 3.63) is 60.8 Å². The summed E-state index contributed by atoms with van der Waals surface area (Å²) in [6.45, 7) is 6.44. The Morgan fingerprint density at radius 2 is 0.684 bits per heavy atom. The van der Waals surface area contributed by atoms with Crippen molar-refractivity contribution < 1.29 is 28.6 Å². The van der Waals surface area contributed by atoms with Crippen molar-refractivity contribution >= 4 is 17.9 Å². The van der Waals surface area contributed by atoms with Crippen LogP contribution in [0.4, 0.5) is 0 Å². The molecule has 0 radical (unpaired) electrons. The maximum absolute atomic E-state index is 12.7. The van der Waals surface area contributed by atoms with Gasteiger partial charge in [-0.1, -0.05) is 184 Å². The van der Waals surface area contributed by atoms with E-state index < -0.39 is 6.10 Å². The van der Waals surface area contributed by atoms with Gasteiger partial charge in [-0.2, -0.15) is 0 Å². The van der Waals surface area contributed by atoms with E-state index in [1.165, 1.54) is 83.5 Å². The van der Waals surface area contributed by atoms with Gasteiger partial charge < -0.3 is 14.2 Å². The monoisotopic (exact) mass is 797 g/mol. The van der Waals surface area contributed by atoms with Crippen molar-refractivity contribution in [2.45, 2.75) is 232 Å². The molecular formula is C51H88O6. The molecule has 0 rings (SSSR count). The molecule has 328 valence electrons. The van der Waals surface area contributed by atoms with Crippen LogP contribution in [0.25, 0.3) is 0 Å². The summed E-state index contributed by atoms with van der Waals surface area (Å²) in [5, 5.41) is 0. The first-order chi connectivity index (χ1) is 28.0. The molecule has 0 aliphatic heterocycles. The molecule has 0 saturated carbocycles. The number of rotatable bonds is 42. The molecule has 0 N–H and O–H groups in total. The van der Waals surface area contributed by atoms with Crippen LogP contribution in [0.5, 0.6) is 0 Å². The highest BCUT2D eigenvalue weighted by atomic mass is 16.6. The van der Waals surface area contributed by atoms with Gasteiger partial charge in [0.05, 0.1) is 0 Å². The first-order valence-corrected chi connectivity index (χ1v) is 23.8. The van der Waals surface area contributed by atoms with Crippen LogP contribution < -0.4 is 0 Å². The number of hydrogen-bond acceptors (Lipinski definition) is 6. The van der Waals surface area contributed by atoms with Crippen molar-refractivity contribution in [3.8, 4) is 0 Å². The summed E-state index contributed by atoms with van der Waals surface area (Å²) in [4.78, 5) is 37.7. The lowest BCUT2D eigenvalue weighted by Gasteiger charge is -2.18. The van der Waals surface area contributed by atoms with Crippen molar-refractivity contribution in [1.82, 2.24) is 0 Å². The van der Waals surface area contributed by atoms with Gasteiger partial charge >= 0.3 is 17.9 Å². The third kappa shape index (κ3) is 44.1. The molecule has 6 heteroatoms. The van der Waals surface area contributed by atoms with Crippen LogP contribution in [0.1, 0.15) is 226 Å². The molecule has 0 aromatic heterocycles. The minimum Gasteiger partial charge on any atom is -0.462 e. The Kier molecular flexibility index (Phi) is 43.5. The Hall–Kier alpha value is -2.89. The second kappa shape index (κ2) is 45.8. The topological polar surface area (TPSA) is 78.9 Å². The molecule has 0 heterocycles. The molecule has 0 aliphatic rings. The Morgan fingerprint density at radius 1 is 0.368 bits per heavy atom. The molecule has 1 unspecified atom stereocenters. The maximum Gasteiger partial charge on any atom is 0.306 e. The molecule has 0 saturated heterocycles. The number of unbranched alkanes of at least 4 members (excludes halogenated alkanes) is 21. The lowest BCUT2D eigenvalue weighted by molar-refractivity contribution is -0.167. The standard InChI is InChI=1S/C51H88O6/c1-4-7-10-13-16-19-21-23-24-25-26-27-28-29-31-32-35-38-41-44-50(53)56-47-48(46-55-49(52)43-40-37-34-18-15-12-9-6-3)57-51(54)45-42-39-36-33-30-22-20-17-14-11-8-5-2/h7,10,16-17,19-20,23-24,26-27,48H,4-6,8-9,11-15,18,21-22,25,28-47H2,1-3H3/b10-7-,19-16-,20-17-,24-23-,27-26-. The largest absolute Gasteiger partial charge is 0.462 e. The van der Waals surface area contributed by atoms with E-state index in [0.29, 0.717) is 19.3 Å². The van der Waals surface area contributed by atoms with Gasteiger partial charge in [0.15, 0.2) is 6.10 Å². The number of hydrogen-bond donors (Lipinski definition) is 0. The molecule has 1 atom stereocenters. The summed E-state index contributed by atoms with van der Waals surface area (Å²) in [5.74, 6) is -0.911. The summed E-state index contributed by atoms with van der Waals surface area (Å²) in [7, 11) is 0. The summed E-state index contributed by atoms with van der Waals surface area (Å²) in [6.07, 6.45) is 54.9. The molecule has 0 aliphatic carbocycles. The number of allylic oxidation sites excluding steroid dienone is 10. The average molecular weight is 797 g/mol. The quantitative estimate of drug-likeness (QED) is 0.0265. The smallest absolute Gasteiger partial charge is 0.306 e. The summed E-state index contributed by atoms with van der Waals surface area (Å²) in [6, 6.07) is 0. The van der Waals surface area contributed by atoms with Crippen LogP contribution >= 0.6 is 0 Å². The van der Waals surface area contributed by atoms with Crippen molar-refractivity contribution in [1.29, 1.82) is 0 Å². The predicted molar refractivity (Wildman–Crippen MR) is 242 cm³/mol. The third-order valence-electron chi connectivity index (χ3n) is 10.0. The molecule has 0 bridgehead atoms. The molecule has 0 spiro atoms. The second-order valence-corrected chi connectivity index (χ2v) is 15.6. The Balaban J connectivity index is 4.32. The normalized spacial score (nSPS) is 12.5. The third-order valence-corrected chi connectivity index (χ3v) is 10.0. The van der Waals surface area contributed by atoms with E-state index in [0.717, 1.165) is 103 Å². The highest BCUT2D eigenvalue weighted by Gasteiger charge is 2.19. The number of ether oxygens (including phenoxy) is 3. The molecule has 0 aromatic rings. The van der Waals surface area contributed by atoms with Gasteiger partial charge in [0, 0.05) is 19.3 Å². The van der Waals surface area contributed by atoms with Gasteiger partial charge in [-0.25, -0.2) is 0 Å². The molecule has 6 nitrogen and oxygen atoms in total. The van der Waals surface area contributed by atoms with Crippen molar-refractivity contribution in [2.75, 3.05) is 13.2 Å². The second-order valence-electron chi connectivity index (χ2n) is 15.6. The van der Waals surface area contributed by atoms with Gasteiger partial charge in [-0.3, -0.25) is 14.4 Å². The van der Waals surface area contributed by atoms with Crippen molar-refractivity contribution in [2.24, 2.45) is 0 Å². The maximum atomic E-state index is 12.7. The van der Waals surface area contributed by atoms with Crippen LogP contribution in [0, 0.1) is 0 Å². The minimum atomic E-state index is -0.779. The minimum absolute atomic E-state index is 0.0816. The van der Waals surface area contributed by atoms with Gasteiger partial charge in [0.25, 0.3) is 0 Å². The van der Waals surface area contributed by atoms with Gasteiger partial charge in [0.1, 0.15) is 13.2 Å². The molecule has 0 aromatic carbocycles. The molecule has 0 amide bonds. The fourth-order valence-corrected chi connectivity index (χ4v) is 6.43. The fourth-order valence-electron chi connectivity index (χ4n) is 6.43. The number of carbonyl (C=O) groups excluding carboxylic acids is 3. The summed E-state index contributed by atoms with van der Waals surface area (Å²) >= 11 is 0. The highest BCUT2D eigenvalue weighted by molar-refractivity contribution is 5.71. The van der Waals surface area contributed by atoms with Crippen LogP contribution in [0.3, 0.4) is 0 Å². The van der Waals surface area contributed by atoms with E-state index in [1.807, 2.05) is 0 Å². The Bertz CT molecular complexity index is 1050. The lowest BCUT2D eigenvalue weighted by Crippen LogP contribution is -2.30. The lowest BCUT2D eigenvalue weighted by atomic mass is 10.1. The zero-order valence-electron chi connectivity index (χ0n) is 37.3. The van der Waals surface area contributed by atoms with E-state index in [1.54, 1.807) is 0 Å².